The highest BCUT2D eigenvalue weighted by Gasteiger charge is 2.39. The van der Waals surface area contributed by atoms with E-state index in [4.69, 9.17) is 9.47 Å². The van der Waals surface area contributed by atoms with E-state index in [1.807, 2.05) is 9.80 Å². The molecule has 0 heterocycles. The number of anilines is 2. The van der Waals surface area contributed by atoms with E-state index in [0.29, 0.717) is 33.9 Å². The molecule has 0 amide bonds. The molecule has 0 atom stereocenters. The normalized spacial score (nSPS) is 18.6. The molecule has 0 saturated heterocycles. The van der Waals surface area contributed by atoms with E-state index in [1.165, 1.54) is 26.4 Å². The summed E-state index contributed by atoms with van der Waals surface area (Å²) in [6, 6.07) is 13.0. The minimum absolute atomic E-state index is 0.0367. The van der Waals surface area contributed by atoms with Crippen LogP contribution in [-0.2, 0) is 19.1 Å². The van der Waals surface area contributed by atoms with Crippen LogP contribution in [0.25, 0.3) is 0 Å². The third kappa shape index (κ3) is 6.08. The van der Waals surface area contributed by atoms with Gasteiger partial charge in [-0.05, 0) is 49.9 Å². The number of esters is 2. The summed E-state index contributed by atoms with van der Waals surface area (Å²) in [5.74, 6) is -1.88. The highest BCUT2D eigenvalue weighted by Crippen LogP contribution is 2.44. The van der Waals surface area contributed by atoms with Crippen molar-refractivity contribution in [1.82, 2.24) is 0 Å². The van der Waals surface area contributed by atoms with Gasteiger partial charge in [-0.2, -0.15) is 0 Å². The molecule has 0 aliphatic heterocycles. The minimum Gasteiger partial charge on any atom is -0.466 e. The summed E-state index contributed by atoms with van der Waals surface area (Å²) in [6.07, 6.45) is 9.56. The number of methoxy groups -OCH3 is 2. The van der Waals surface area contributed by atoms with Gasteiger partial charge in [0.2, 0.25) is 0 Å². The van der Waals surface area contributed by atoms with Gasteiger partial charge in [-0.25, -0.2) is 18.4 Å². The zero-order valence-electron chi connectivity index (χ0n) is 24.5. The maximum Gasteiger partial charge on any atom is 0.335 e. The number of benzene rings is 2. The van der Waals surface area contributed by atoms with Crippen LogP contribution in [0.3, 0.4) is 0 Å². The minimum atomic E-state index is -0.541. The Morgan fingerprint density at radius 2 is 0.976 bits per heavy atom. The molecule has 0 bridgehead atoms. The molecule has 0 spiro atoms. The second-order valence-electron chi connectivity index (χ2n) is 11.4. The second kappa shape index (κ2) is 13.5. The van der Waals surface area contributed by atoms with Crippen molar-refractivity contribution in [2.75, 3.05) is 24.0 Å². The molecule has 0 aromatic heterocycles. The number of nitrogens with zero attached hydrogens (tertiary/aromatic N) is 2. The molecule has 0 radical (unpaired) electrons. The number of para-hydroxylation sites is 2. The van der Waals surface area contributed by atoms with Crippen molar-refractivity contribution >= 4 is 23.3 Å². The Kier molecular flexibility index (Phi) is 9.60. The van der Waals surface area contributed by atoms with Crippen molar-refractivity contribution in [1.29, 1.82) is 0 Å². The molecule has 3 aliphatic rings. The number of ether oxygens (including phenoxy) is 2. The van der Waals surface area contributed by atoms with Crippen LogP contribution < -0.4 is 9.80 Å². The fourth-order valence-electron chi connectivity index (χ4n) is 6.94. The van der Waals surface area contributed by atoms with Gasteiger partial charge in [0.15, 0.2) is 0 Å². The smallest absolute Gasteiger partial charge is 0.335 e. The Bertz CT molecular complexity index is 1260. The fourth-order valence-corrected chi connectivity index (χ4v) is 6.94. The predicted octanol–water partition coefficient (Wildman–Crippen LogP) is 7.59. The first-order valence-electron chi connectivity index (χ1n) is 15.1. The van der Waals surface area contributed by atoms with Crippen molar-refractivity contribution < 1.29 is 27.8 Å². The van der Waals surface area contributed by atoms with Gasteiger partial charge in [0, 0.05) is 36.3 Å². The van der Waals surface area contributed by atoms with E-state index in [0.717, 1.165) is 64.2 Å². The zero-order valence-corrected chi connectivity index (χ0v) is 24.5. The van der Waals surface area contributed by atoms with Crippen LogP contribution in [0.15, 0.2) is 71.1 Å². The van der Waals surface area contributed by atoms with Gasteiger partial charge in [0.25, 0.3) is 0 Å². The summed E-state index contributed by atoms with van der Waals surface area (Å²) in [6.45, 7) is 0. The average Bonchev–Trinajstić information content (AvgIpc) is 3.03. The number of carbonyl (C=O) groups is 2. The van der Waals surface area contributed by atoms with Gasteiger partial charge in [-0.1, -0.05) is 62.8 Å². The molecule has 8 heteroatoms. The second-order valence-corrected chi connectivity index (χ2v) is 11.4. The van der Waals surface area contributed by atoms with Crippen molar-refractivity contribution in [3.63, 3.8) is 0 Å². The van der Waals surface area contributed by atoms with Gasteiger partial charge >= 0.3 is 11.9 Å². The number of hydrogen-bond donors (Lipinski definition) is 0. The third-order valence-corrected chi connectivity index (χ3v) is 8.93. The van der Waals surface area contributed by atoms with Crippen molar-refractivity contribution in [3.8, 4) is 0 Å². The van der Waals surface area contributed by atoms with Crippen LogP contribution in [-0.4, -0.2) is 38.2 Å². The summed E-state index contributed by atoms with van der Waals surface area (Å²) in [7, 11) is 2.66. The first-order chi connectivity index (χ1) is 20.4. The molecule has 6 nitrogen and oxygen atoms in total. The van der Waals surface area contributed by atoms with E-state index in [1.54, 1.807) is 36.4 Å². The lowest BCUT2D eigenvalue weighted by Gasteiger charge is -2.43. The predicted molar refractivity (Wildman–Crippen MR) is 159 cm³/mol. The lowest BCUT2D eigenvalue weighted by Crippen LogP contribution is -2.43. The molecule has 2 aromatic carbocycles. The van der Waals surface area contributed by atoms with Crippen LogP contribution in [0.1, 0.15) is 77.0 Å². The molecule has 0 N–H and O–H groups in total. The number of halogens is 2. The van der Waals surface area contributed by atoms with E-state index in [9.17, 15) is 9.59 Å². The highest BCUT2D eigenvalue weighted by atomic mass is 19.1. The first-order valence-corrected chi connectivity index (χ1v) is 15.1. The molecular weight excluding hydrogens is 538 g/mol. The molecule has 5 rings (SSSR count). The Morgan fingerprint density at radius 1 is 0.619 bits per heavy atom. The van der Waals surface area contributed by atoms with E-state index in [-0.39, 0.29) is 24.9 Å². The van der Waals surface area contributed by atoms with Gasteiger partial charge in [0.05, 0.1) is 36.7 Å². The Labute approximate surface area is 247 Å². The van der Waals surface area contributed by atoms with E-state index < -0.39 is 23.6 Å². The van der Waals surface area contributed by atoms with Crippen LogP contribution in [0.4, 0.5) is 20.2 Å². The maximum absolute atomic E-state index is 15.5. The fraction of sp³-hybridized carbons (Fsp3) is 0.471. The maximum atomic E-state index is 15.5. The first kappa shape index (κ1) is 29.8. The molecule has 0 unspecified atom stereocenters. The molecule has 2 saturated carbocycles. The summed E-state index contributed by atoms with van der Waals surface area (Å²) >= 11 is 0. The average molecular weight is 579 g/mol. The van der Waals surface area contributed by atoms with E-state index >= 15 is 8.78 Å². The quantitative estimate of drug-likeness (QED) is 0.301. The topological polar surface area (TPSA) is 59.1 Å². The molecule has 224 valence electrons. The zero-order chi connectivity index (χ0) is 29.6. The number of allylic oxidation sites excluding steroid dienone is 2. The Balaban J connectivity index is 1.70. The molecule has 2 fully saturated rings. The number of carbonyl (C=O) groups excluding carboxylic acids is 2. The van der Waals surface area contributed by atoms with Crippen molar-refractivity contribution in [2.24, 2.45) is 0 Å². The van der Waals surface area contributed by atoms with Crippen molar-refractivity contribution in [2.45, 2.75) is 89.1 Å². The number of hydrogen-bond acceptors (Lipinski definition) is 6. The van der Waals surface area contributed by atoms with Gasteiger partial charge in [0.1, 0.15) is 11.6 Å². The SMILES string of the molecule is COC(=O)C1=C(N(c2ccccc2F)C2CCCCC2)CC(C(=O)OC)=C(N(c2ccccc2F)C2CCCCC2)C1. The molecular formula is C34H40F2N2O4. The summed E-state index contributed by atoms with van der Waals surface area (Å²) in [5.41, 5.74) is 2.52. The summed E-state index contributed by atoms with van der Waals surface area (Å²) < 4.78 is 41.5. The van der Waals surface area contributed by atoms with Crippen LogP contribution in [0.5, 0.6) is 0 Å². The Morgan fingerprint density at radius 3 is 1.31 bits per heavy atom. The van der Waals surface area contributed by atoms with Gasteiger partial charge < -0.3 is 19.3 Å². The van der Waals surface area contributed by atoms with Crippen molar-refractivity contribution in [3.05, 3.63) is 82.7 Å². The highest BCUT2D eigenvalue weighted by molar-refractivity contribution is 5.97. The van der Waals surface area contributed by atoms with E-state index in [2.05, 4.69) is 0 Å². The molecule has 42 heavy (non-hydrogen) atoms. The largest absolute Gasteiger partial charge is 0.466 e. The lowest BCUT2D eigenvalue weighted by atomic mass is 9.86. The lowest BCUT2D eigenvalue weighted by molar-refractivity contribution is -0.137. The Hall–Kier alpha value is -3.68. The number of rotatable bonds is 8. The monoisotopic (exact) mass is 578 g/mol. The summed E-state index contributed by atoms with van der Waals surface area (Å²) in [4.78, 5) is 30.9. The molecule has 2 aromatic rings. The van der Waals surface area contributed by atoms with Gasteiger partial charge in [-0.3, -0.25) is 0 Å². The third-order valence-electron chi connectivity index (χ3n) is 8.93. The van der Waals surface area contributed by atoms with Crippen LogP contribution >= 0.6 is 0 Å². The van der Waals surface area contributed by atoms with Crippen LogP contribution in [0.2, 0.25) is 0 Å². The van der Waals surface area contributed by atoms with Gasteiger partial charge in [-0.15, -0.1) is 0 Å². The molecule has 3 aliphatic carbocycles. The summed E-state index contributed by atoms with van der Waals surface area (Å²) in [5, 5.41) is 0. The standard InChI is InChI=1S/C34H40F2N2O4/c1-41-33(39)25-21-32(38(24-15-7-4-8-16-24)30-20-12-10-18-28(30)36)26(34(40)42-2)22-31(25)37(23-13-5-3-6-14-23)29-19-11-9-17-27(29)35/h9-12,17-20,23-24H,3-8,13-16,21-22H2,1-2H3. The van der Waals surface area contributed by atoms with Crippen LogP contribution in [0, 0.1) is 11.6 Å².